The zero-order valence-corrected chi connectivity index (χ0v) is 29.4. The molecule has 14 heteroatoms. The predicted octanol–water partition coefficient (Wildman–Crippen LogP) is 4.73. The highest BCUT2D eigenvalue weighted by Crippen LogP contribution is 2.22. The number of nitrogens with zero attached hydrogens (tertiary/aromatic N) is 3. The summed E-state index contributed by atoms with van der Waals surface area (Å²) < 4.78 is 0. The molecular formula is C39H36ClN7O6. The lowest BCUT2D eigenvalue weighted by molar-refractivity contribution is -0.142. The Morgan fingerprint density at radius 2 is 1.51 bits per heavy atom. The fourth-order valence-electron chi connectivity index (χ4n) is 6.18. The normalized spacial score (nSPS) is 12.9. The molecule has 53 heavy (non-hydrogen) atoms. The molecule has 0 saturated heterocycles. The second-order valence-corrected chi connectivity index (χ2v) is 13.4. The molecule has 0 saturated carbocycles. The van der Waals surface area contributed by atoms with Crippen LogP contribution in [0.4, 0.5) is 0 Å². The lowest BCUT2D eigenvalue weighted by Gasteiger charge is -2.23. The minimum Gasteiger partial charge on any atom is -0.481 e. The second kappa shape index (κ2) is 16.4. The van der Waals surface area contributed by atoms with Gasteiger partial charge in [-0.1, -0.05) is 89.1 Å². The van der Waals surface area contributed by atoms with Crippen LogP contribution < -0.4 is 10.6 Å². The number of H-pyrrole nitrogens is 2. The van der Waals surface area contributed by atoms with Crippen molar-refractivity contribution in [2.24, 2.45) is 5.92 Å². The average molecular weight is 734 g/mol. The van der Waals surface area contributed by atoms with Crippen LogP contribution in [0.5, 0.6) is 0 Å². The number of fused-ring (bicyclic) bond motifs is 2. The molecule has 270 valence electrons. The van der Waals surface area contributed by atoms with Crippen LogP contribution in [0.1, 0.15) is 45.8 Å². The number of rotatable bonds is 16. The van der Waals surface area contributed by atoms with Gasteiger partial charge in [-0.2, -0.15) is 5.21 Å². The van der Waals surface area contributed by atoms with E-state index in [1.165, 1.54) is 0 Å². The van der Waals surface area contributed by atoms with Gasteiger partial charge < -0.3 is 20.7 Å². The maximum absolute atomic E-state index is 14.1. The largest absolute Gasteiger partial charge is 0.481 e. The monoisotopic (exact) mass is 733 g/mol. The molecule has 3 atom stereocenters. The van der Waals surface area contributed by atoms with Crippen LogP contribution in [0.25, 0.3) is 21.7 Å². The number of aliphatic carboxylic acids is 1. The van der Waals surface area contributed by atoms with E-state index < -0.39 is 54.4 Å². The number of aromatic amines is 2. The molecular weight excluding hydrogens is 698 g/mol. The third-order valence-electron chi connectivity index (χ3n) is 8.99. The second-order valence-electron chi connectivity index (χ2n) is 13.0. The summed E-state index contributed by atoms with van der Waals surface area (Å²) in [7, 11) is 0. The minimum atomic E-state index is -1.37. The van der Waals surface area contributed by atoms with Crippen molar-refractivity contribution in [3.63, 3.8) is 0 Å². The van der Waals surface area contributed by atoms with Gasteiger partial charge in [0, 0.05) is 35.2 Å². The van der Waals surface area contributed by atoms with Crippen LogP contribution in [0.2, 0.25) is 5.02 Å². The van der Waals surface area contributed by atoms with Crippen LogP contribution in [-0.4, -0.2) is 72.1 Å². The minimum absolute atomic E-state index is 0.0224. The number of aromatic nitrogens is 5. The summed E-state index contributed by atoms with van der Waals surface area (Å²) in [4.78, 5) is 70.1. The van der Waals surface area contributed by atoms with E-state index in [2.05, 4.69) is 36.2 Å². The lowest BCUT2D eigenvalue weighted by Crippen LogP contribution is -2.48. The molecule has 0 spiro atoms. The number of amides is 2. The first kappa shape index (κ1) is 36.6. The number of carbonyl (C=O) groups is 5. The van der Waals surface area contributed by atoms with Crippen molar-refractivity contribution in [2.45, 2.75) is 51.1 Å². The molecule has 0 aliphatic rings. The number of aryl methyl sites for hydroxylation is 1. The first-order valence-electron chi connectivity index (χ1n) is 16.9. The maximum atomic E-state index is 14.1. The van der Waals surface area contributed by atoms with E-state index in [1.807, 2.05) is 61.5 Å². The molecule has 0 radical (unpaired) electrons. The van der Waals surface area contributed by atoms with Crippen molar-refractivity contribution < 1.29 is 29.1 Å². The summed E-state index contributed by atoms with van der Waals surface area (Å²) in [5.74, 6) is -4.83. The Labute approximate surface area is 308 Å². The fourth-order valence-corrected chi connectivity index (χ4v) is 6.36. The van der Waals surface area contributed by atoms with E-state index in [9.17, 15) is 29.1 Å². The van der Waals surface area contributed by atoms with Gasteiger partial charge in [-0.25, -0.2) is 0 Å². The highest BCUT2D eigenvalue weighted by atomic mass is 35.5. The van der Waals surface area contributed by atoms with E-state index in [0.29, 0.717) is 15.9 Å². The van der Waals surface area contributed by atoms with Crippen LogP contribution in [0.15, 0.2) is 91.0 Å². The van der Waals surface area contributed by atoms with E-state index >= 15 is 0 Å². The number of carboxylic acids is 1. The predicted molar refractivity (Wildman–Crippen MR) is 197 cm³/mol. The number of carbonyl (C=O) groups excluding carboxylic acids is 4. The molecule has 13 nitrogen and oxygen atoms in total. The van der Waals surface area contributed by atoms with Gasteiger partial charge in [-0.3, -0.25) is 24.0 Å². The van der Waals surface area contributed by atoms with Gasteiger partial charge in [-0.15, -0.1) is 10.2 Å². The van der Waals surface area contributed by atoms with Crippen molar-refractivity contribution in [1.29, 1.82) is 0 Å². The zero-order chi connectivity index (χ0) is 37.5. The van der Waals surface area contributed by atoms with Crippen molar-refractivity contribution in [1.82, 2.24) is 36.2 Å². The SMILES string of the molecule is Cc1ccc(CC(=O)[C@H](Cc2nn[nH]n2)NC(=O)[C@H](CC(=O)O)CC(=O)[C@H](Cc2ccc3ccccc3c2)NC(=O)c2cc3cc(Cl)ccc3[nH]2)cc1. The summed E-state index contributed by atoms with van der Waals surface area (Å²) in [5, 5.41) is 32.1. The van der Waals surface area contributed by atoms with Crippen molar-refractivity contribution in [2.75, 3.05) is 0 Å². The van der Waals surface area contributed by atoms with Gasteiger partial charge in [0.05, 0.1) is 24.4 Å². The number of ketones is 2. The molecule has 0 aliphatic carbocycles. The number of Topliss-reactive ketones (excluding diaryl/α,β-unsaturated/α-hetero) is 2. The molecule has 6 rings (SSSR count). The molecule has 5 N–H and O–H groups in total. The number of benzene rings is 4. The molecule has 0 fully saturated rings. The third kappa shape index (κ3) is 9.57. The van der Waals surface area contributed by atoms with Gasteiger partial charge in [0.25, 0.3) is 5.91 Å². The summed E-state index contributed by atoms with van der Waals surface area (Å²) in [5.41, 5.74) is 3.33. The average Bonchev–Trinajstić information content (AvgIpc) is 3.81. The van der Waals surface area contributed by atoms with E-state index in [4.69, 9.17) is 11.6 Å². The standard InChI is InChI=1S/C39H36ClN7O6/c1-22-6-8-23(9-7-22)16-34(48)32(21-36-44-46-47-45-36)42-38(52)28(20-37(50)51)19-35(49)31(15-24-10-11-25-4-2-3-5-26(25)14-24)43-39(53)33-18-27-17-29(40)12-13-30(27)41-33/h2-14,17-18,28,31-32,41H,15-16,19-21H2,1H3,(H,42,52)(H,43,53)(H,50,51)(H,44,45,46,47)/t28-,31-,32-/m0/s1. The summed E-state index contributed by atoms with van der Waals surface area (Å²) in [6, 6.07) is 25.2. The molecule has 0 aliphatic heterocycles. The number of nitrogens with one attached hydrogen (secondary N) is 4. The topological polar surface area (TPSA) is 200 Å². The van der Waals surface area contributed by atoms with Crippen LogP contribution in [-0.2, 0) is 38.4 Å². The van der Waals surface area contributed by atoms with Crippen LogP contribution in [0, 0.1) is 12.8 Å². The Balaban J connectivity index is 1.24. The molecule has 6 aromatic rings. The van der Waals surface area contributed by atoms with E-state index in [1.54, 1.807) is 36.4 Å². The molecule has 4 aromatic carbocycles. The summed E-state index contributed by atoms with van der Waals surface area (Å²) in [6.45, 7) is 1.92. The molecule has 0 bridgehead atoms. The number of tetrazole rings is 1. The first-order chi connectivity index (χ1) is 25.5. The Bertz CT molecular complexity index is 2290. The Kier molecular flexibility index (Phi) is 11.3. The number of halogens is 1. The fraction of sp³-hybridized carbons (Fsp3) is 0.231. The number of hydrogen-bond acceptors (Lipinski definition) is 8. The van der Waals surface area contributed by atoms with Gasteiger partial charge in [0.1, 0.15) is 5.69 Å². The van der Waals surface area contributed by atoms with Crippen molar-refractivity contribution >= 4 is 62.6 Å². The molecule has 2 heterocycles. The number of hydrogen-bond donors (Lipinski definition) is 5. The van der Waals surface area contributed by atoms with E-state index in [-0.39, 0.29) is 36.6 Å². The highest BCUT2D eigenvalue weighted by Gasteiger charge is 2.33. The van der Waals surface area contributed by atoms with Crippen molar-refractivity contribution in [3.8, 4) is 0 Å². The van der Waals surface area contributed by atoms with Crippen molar-refractivity contribution in [3.05, 3.63) is 124 Å². The molecule has 0 unspecified atom stereocenters. The third-order valence-corrected chi connectivity index (χ3v) is 9.23. The Morgan fingerprint density at radius 1 is 0.774 bits per heavy atom. The van der Waals surface area contributed by atoms with Gasteiger partial charge >= 0.3 is 5.97 Å². The number of carboxylic acid groups (broad SMARTS) is 1. The van der Waals surface area contributed by atoms with Gasteiger partial charge in [0.2, 0.25) is 5.91 Å². The smallest absolute Gasteiger partial charge is 0.304 e. The van der Waals surface area contributed by atoms with Gasteiger partial charge in [-0.05, 0) is 59.5 Å². The highest BCUT2D eigenvalue weighted by molar-refractivity contribution is 6.31. The quantitative estimate of drug-likeness (QED) is 0.0933. The van der Waals surface area contributed by atoms with Crippen LogP contribution >= 0.6 is 11.6 Å². The summed E-state index contributed by atoms with van der Waals surface area (Å²) >= 11 is 6.14. The van der Waals surface area contributed by atoms with Gasteiger partial charge in [0.15, 0.2) is 17.4 Å². The van der Waals surface area contributed by atoms with E-state index in [0.717, 1.165) is 27.5 Å². The van der Waals surface area contributed by atoms with Crippen LogP contribution in [0.3, 0.4) is 0 Å². The Morgan fingerprint density at radius 3 is 2.25 bits per heavy atom. The molecule has 2 aromatic heterocycles. The zero-order valence-electron chi connectivity index (χ0n) is 28.6. The summed E-state index contributed by atoms with van der Waals surface area (Å²) in [6.07, 6.45) is -1.29. The Hall–Kier alpha value is -6.21. The molecule has 2 amide bonds. The first-order valence-corrected chi connectivity index (χ1v) is 17.3. The lowest BCUT2D eigenvalue weighted by atomic mass is 9.90. The maximum Gasteiger partial charge on any atom is 0.304 e.